The second-order valence-electron chi connectivity index (χ2n) is 9.22. The zero-order valence-electron chi connectivity index (χ0n) is 20.0. The van der Waals surface area contributed by atoms with Crippen molar-refractivity contribution in [2.24, 2.45) is 5.92 Å². The summed E-state index contributed by atoms with van der Waals surface area (Å²) in [5.74, 6) is 0.185. The molecule has 0 spiro atoms. The number of aromatic nitrogens is 6. The van der Waals surface area contributed by atoms with E-state index in [2.05, 4.69) is 40.8 Å². The van der Waals surface area contributed by atoms with E-state index in [0.29, 0.717) is 45.8 Å². The minimum absolute atomic E-state index is 0.0898. The lowest BCUT2D eigenvalue weighted by atomic mass is 10.0. The number of rotatable bonds is 6. The second kappa shape index (κ2) is 9.21. The number of fused-ring (bicyclic) bond motifs is 2. The van der Waals surface area contributed by atoms with Gasteiger partial charge in [0.25, 0.3) is 0 Å². The number of carbonyl (C=O) groups is 1. The van der Waals surface area contributed by atoms with Crippen LogP contribution in [0.4, 0.5) is 10.1 Å². The number of pyridine rings is 2. The van der Waals surface area contributed by atoms with Crippen molar-refractivity contribution >= 4 is 45.0 Å². The maximum Gasteiger partial charge on any atom is 0.224 e. The third kappa shape index (κ3) is 4.36. The lowest BCUT2D eigenvalue weighted by Gasteiger charge is -2.09. The molecule has 10 heteroatoms. The number of benzene rings is 1. The van der Waals surface area contributed by atoms with Gasteiger partial charge in [-0.05, 0) is 58.1 Å². The summed E-state index contributed by atoms with van der Waals surface area (Å²) in [5, 5.41) is 14.7. The first-order valence-electron chi connectivity index (χ1n) is 11.8. The van der Waals surface area contributed by atoms with Crippen molar-refractivity contribution in [3.63, 3.8) is 0 Å². The molecule has 3 N–H and O–H groups in total. The van der Waals surface area contributed by atoms with Crippen molar-refractivity contribution in [2.45, 2.75) is 20.3 Å². The number of aromatic amines is 2. The van der Waals surface area contributed by atoms with Crippen molar-refractivity contribution in [1.82, 2.24) is 30.1 Å². The van der Waals surface area contributed by atoms with Crippen molar-refractivity contribution < 1.29 is 9.18 Å². The molecule has 37 heavy (non-hydrogen) atoms. The average molecular weight is 512 g/mol. The van der Waals surface area contributed by atoms with Gasteiger partial charge in [0, 0.05) is 35.3 Å². The normalized spacial score (nSPS) is 11.6. The molecule has 0 fully saturated rings. The highest BCUT2D eigenvalue weighted by atomic mass is 32.1. The van der Waals surface area contributed by atoms with Gasteiger partial charge < -0.3 is 10.3 Å². The van der Waals surface area contributed by atoms with Gasteiger partial charge in [-0.2, -0.15) is 16.4 Å². The molecule has 6 rings (SSSR count). The number of amides is 1. The summed E-state index contributed by atoms with van der Waals surface area (Å²) in [4.78, 5) is 28.9. The topological polar surface area (TPSA) is 112 Å². The maximum atomic E-state index is 15.2. The molecule has 0 radical (unpaired) electrons. The Hall–Kier alpha value is -4.44. The van der Waals surface area contributed by atoms with E-state index in [9.17, 15) is 4.79 Å². The summed E-state index contributed by atoms with van der Waals surface area (Å²) in [6.45, 7) is 3.96. The van der Waals surface area contributed by atoms with Crippen LogP contribution in [0.25, 0.3) is 55.8 Å². The Morgan fingerprint density at radius 2 is 2.03 bits per heavy atom. The molecule has 6 aromatic rings. The Balaban J connectivity index is 1.41. The SMILES string of the molecule is CC(C)CC(=O)Nc1cncc(-c2cc(F)c3n[nH]c(-c4nc5nccc(-c6ccsc6)c5[nH]4)c3c2)c1. The number of nitrogens with one attached hydrogen (secondary N) is 3. The molecule has 0 saturated heterocycles. The van der Waals surface area contributed by atoms with Gasteiger partial charge in [0.05, 0.1) is 17.4 Å². The van der Waals surface area contributed by atoms with Crippen LogP contribution in [0.15, 0.2) is 59.7 Å². The number of anilines is 1. The van der Waals surface area contributed by atoms with Gasteiger partial charge in [0.2, 0.25) is 5.91 Å². The molecule has 1 aromatic carbocycles. The summed E-state index contributed by atoms with van der Waals surface area (Å²) in [7, 11) is 0. The van der Waals surface area contributed by atoms with Crippen molar-refractivity contribution in [1.29, 1.82) is 0 Å². The van der Waals surface area contributed by atoms with Gasteiger partial charge in [-0.1, -0.05) is 13.8 Å². The highest BCUT2D eigenvalue weighted by Gasteiger charge is 2.18. The number of hydrogen-bond donors (Lipinski definition) is 3. The fraction of sp³-hybridized carbons (Fsp3) is 0.148. The van der Waals surface area contributed by atoms with Gasteiger partial charge in [0.15, 0.2) is 17.3 Å². The molecule has 0 bridgehead atoms. The standard InChI is InChI=1S/C27H22FN7OS/c1-14(2)7-22(36)31-18-8-17(11-29-12-18)16-9-20-23(21(28)10-16)34-35-25(20)27-32-24-19(15-4-6-37-13-15)3-5-30-26(24)33-27/h3-6,8-14H,7H2,1-2H3,(H,31,36)(H,34,35)(H,30,32,33). The van der Waals surface area contributed by atoms with E-state index in [1.54, 1.807) is 36.0 Å². The van der Waals surface area contributed by atoms with Crippen LogP contribution in [0.2, 0.25) is 0 Å². The quantitative estimate of drug-likeness (QED) is 0.239. The van der Waals surface area contributed by atoms with Crippen LogP contribution in [-0.2, 0) is 4.79 Å². The third-order valence-electron chi connectivity index (χ3n) is 6.02. The zero-order chi connectivity index (χ0) is 25.5. The molecular formula is C27H22FN7OS. The minimum atomic E-state index is -0.475. The summed E-state index contributed by atoms with van der Waals surface area (Å²) < 4.78 is 15.2. The van der Waals surface area contributed by atoms with E-state index in [0.717, 1.165) is 16.6 Å². The van der Waals surface area contributed by atoms with Crippen LogP contribution in [0, 0.1) is 11.7 Å². The molecule has 0 aliphatic rings. The number of halogens is 1. The molecule has 184 valence electrons. The van der Waals surface area contributed by atoms with Gasteiger partial charge in [-0.3, -0.25) is 14.9 Å². The van der Waals surface area contributed by atoms with Crippen LogP contribution in [0.3, 0.4) is 0 Å². The Bertz CT molecular complexity index is 1750. The smallest absolute Gasteiger partial charge is 0.224 e. The maximum absolute atomic E-state index is 15.2. The van der Waals surface area contributed by atoms with E-state index in [4.69, 9.17) is 0 Å². The zero-order valence-corrected chi connectivity index (χ0v) is 20.9. The minimum Gasteiger partial charge on any atom is -0.335 e. The van der Waals surface area contributed by atoms with Gasteiger partial charge in [-0.15, -0.1) is 0 Å². The van der Waals surface area contributed by atoms with E-state index in [1.807, 2.05) is 37.4 Å². The van der Waals surface area contributed by atoms with Crippen LogP contribution in [0.1, 0.15) is 20.3 Å². The molecule has 5 heterocycles. The first-order valence-corrected chi connectivity index (χ1v) is 12.7. The van der Waals surface area contributed by atoms with Crippen LogP contribution < -0.4 is 5.32 Å². The van der Waals surface area contributed by atoms with E-state index >= 15 is 4.39 Å². The lowest BCUT2D eigenvalue weighted by molar-refractivity contribution is -0.116. The second-order valence-corrected chi connectivity index (χ2v) is 10.00. The van der Waals surface area contributed by atoms with Crippen molar-refractivity contribution in [3.05, 3.63) is 65.5 Å². The first kappa shape index (κ1) is 23.0. The predicted molar refractivity (Wildman–Crippen MR) is 144 cm³/mol. The molecule has 5 aromatic heterocycles. The summed E-state index contributed by atoms with van der Waals surface area (Å²) >= 11 is 1.62. The van der Waals surface area contributed by atoms with E-state index < -0.39 is 5.82 Å². The summed E-state index contributed by atoms with van der Waals surface area (Å²) in [6, 6.07) is 9.02. The van der Waals surface area contributed by atoms with Crippen LogP contribution in [-0.4, -0.2) is 36.0 Å². The summed E-state index contributed by atoms with van der Waals surface area (Å²) in [6.07, 6.45) is 5.34. The molecule has 0 aliphatic heterocycles. The molecule has 0 aliphatic carbocycles. The fourth-order valence-corrected chi connectivity index (χ4v) is 5.02. The number of carbonyl (C=O) groups excluding carboxylic acids is 1. The highest BCUT2D eigenvalue weighted by molar-refractivity contribution is 7.08. The summed E-state index contributed by atoms with van der Waals surface area (Å²) in [5.41, 5.74) is 6.01. The number of imidazole rings is 1. The van der Waals surface area contributed by atoms with Crippen LogP contribution in [0.5, 0.6) is 0 Å². The monoisotopic (exact) mass is 511 g/mol. The van der Waals surface area contributed by atoms with Crippen molar-refractivity contribution in [3.8, 4) is 33.8 Å². The molecule has 8 nitrogen and oxygen atoms in total. The number of nitrogens with zero attached hydrogens (tertiary/aromatic N) is 4. The number of thiophene rings is 1. The Kier molecular flexibility index (Phi) is 5.72. The predicted octanol–water partition coefficient (Wildman–Crippen LogP) is 6.42. The van der Waals surface area contributed by atoms with Crippen molar-refractivity contribution in [2.75, 3.05) is 5.32 Å². The van der Waals surface area contributed by atoms with Gasteiger partial charge in [0.1, 0.15) is 11.2 Å². The molecule has 0 saturated carbocycles. The van der Waals surface area contributed by atoms with Gasteiger partial charge in [-0.25, -0.2) is 14.4 Å². The Morgan fingerprint density at radius 3 is 2.84 bits per heavy atom. The van der Waals surface area contributed by atoms with E-state index in [1.165, 1.54) is 6.07 Å². The largest absolute Gasteiger partial charge is 0.335 e. The van der Waals surface area contributed by atoms with Crippen LogP contribution >= 0.6 is 11.3 Å². The highest BCUT2D eigenvalue weighted by Crippen LogP contribution is 2.34. The third-order valence-corrected chi connectivity index (χ3v) is 6.71. The molecule has 0 unspecified atom stereocenters. The number of H-pyrrole nitrogens is 2. The van der Waals surface area contributed by atoms with Gasteiger partial charge >= 0.3 is 0 Å². The fourth-order valence-electron chi connectivity index (χ4n) is 4.36. The van der Waals surface area contributed by atoms with E-state index in [-0.39, 0.29) is 17.3 Å². The molecular weight excluding hydrogens is 489 g/mol. The first-order chi connectivity index (χ1) is 18.0. The Labute approximate surface area is 215 Å². The number of hydrogen-bond acceptors (Lipinski definition) is 6. The molecule has 0 atom stereocenters. The lowest BCUT2D eigenvalue weighted by Crippen LogP contribution is -2.13. The average Bonchev–Trinajstić information content (AvgIpc) is 3.62. The molecule has 1 amide bonds. The Morgan fingerprint density at radius 1 is 1.14 bits per heavy atom.